The fourth-order valence-corrected chi connectivity index (χ4v) is 4.58. The van der Waals surface area contributed by atoms with Crippen LogP contribution in [-0.2, 0) is 19.2 Å². The van der Waals surface area contributed by atoms with Gasteiger partial charge < -0.3 is 9.30 Å². The lowest BCUT2D eigenvalue weighted by Crippen LogP contribution is -2.04. The van der Waals surface area contributed by atoms with Crippen molar-refractivity contribution in [2.24, 2.45) is 7.05 Å². The number of hydrogen-bond acceptors (Lipinski definition) is 4. The van der Waals surface area contributed by atoms with E-state index < -0.39 is 0 Å². The molecular weight excluding hydrogens is 437 g/mol. The number of hydrogen-bond donors (Lipinski definition) is 0. The summed E-state index contributed by atoms with van der Waals surface area (Å²) in [5.41, 5.74) is 1.94. The van der Waals surface area contributed by atoms with Crippen molar-refractivity contribution >= 4 is 46.6 Å². The predicted molar refractivity (Wildman–Crippen MR) is 117 cm³/mol. The molecule has 0 unspecified atom stereocenters. The first-order chi connectivity index (χ1) is 13.5. The average Bonchev–Trinajstić information content (AvgIpc) is 3.00. The van der Waals surface area contributed by atoms with E-state index >= 15 is 0 Å². The third kappa shape index (κ3) is 5.35. The van der Waals surface area contributed by atoms with Crippen LogP contribution in [0.5, 0.6) is 5.75 Å². The highest BCUT2D eigenvalue weighted by Gasteiger charge is 2.12. The van der Waals surface area contributed by atoms with Crippen molar-refractivity contribution in [3.05, 3.63) is 68.4 Å². The quantitative estimate of drug-likeness (QED) is 0.291. The van der Waals surface area contributed by atoms with E-state index in [9.17, 15) is 0 Å². The molecule has 0 saturated heterocycles. The second-order valence-corrected chi connectivity index (χ2v) is 8.50. The van der Waals surface area contributed by atoms with Crippen molar-refractivity contribution in [3.63, 3.8) is 0 Å². The molecule has 28 heavy (non-hydrogen) atoms. The van der Waals surface area contributed by atoms with Crippen molar-refractivity contribution in [2.45, 2.75) is 30.7 Å². The maximum Gasteiger partial charge on any atom is 0.191 e. The number of aryl methyl sites for hydroxylation is 2. The highest BCUT2D eigenvalue weighted by Crippen LogP contribution is 2.31. The fraction of sp³-hybridized carbons (Fsp3) is 0.300. The van der Waals surface area contributed by atoms with E-state index in [1.165, 1.54) is 0 Å². The molecule has 0 N–H and O–H groups in total. The number of thioether (sulfide) groups is 1. The van der Waals surface area contributed by atoms with Gasteiger partial charge in [0.05, 0.1) is 6.61 Å². The molecule has 0 aliphatic heterocycles. The Labute approximate surface area is 184 Å². The molecular formula is C20H20Cl3N3OS. The smallest absolute Gasteiger partial charge is 0.191 e. The molecule has 3 rings (SSSR count). The van der Waals surface area contributed by atoms with Gasteiger partial charge in [-0.05, 0) is 54.8 Å². The third-order valence-corrected chi connectivity index (χ3v) is 6.26. The minimum absolute atomic E-state index is 0.604. The SMILES string of the molecule is Cc1cc(Cl)ccc1OCCCc1nnc(SCc2c(Cl)cccc2Cl)n1C. The average molecular weight is 457 g/mol. The number of nitrogens with zero attached hydrogens (tertiary/aromatic N) is 3. The molecule has 0 bridgehead atoms. The topological polar surface area (TPSA) is 39.9 Å². The molecule has 4 nitrogen and oxygen atoms in total. The van der Waals surface area contributed by atoms with Crippen molar-refractivity contribution in [1.82, 2.24) is 14.8 Å². The largest absolute Gasteiger partial charge is 0.493 e. The van der Waals surface area contributed by atoms with Crippen LogP contribution in [0.2, 0.25) is 15.1 Å². The fourth-order valence-electron chi connectivity index (χ4n) is 2.68. The van der Waals surface area contributed by atoms with Gasteiger partial charge in [0, 0.05) is 34.3 Å². The van der Waals surface area contributed by atoms with Crippen LogP contribution in [-0.4, -0.2) is 21.4 Å². The van der Waals surface area contributed by atoms with Crippen LogP contribution in [0.4, 0.5) is 0 Å². The lowest BCUT2D eigenvalue weighted by Gasteiger charge is -2.09. The highest BCUT2D eigenvalue weighted by atomic mass is 35.5. The summed E-state index contributed by atoms with van der Waals surface area (Å²) in [4.78, 5) is 0. The summed E-state index contributed by atoms with van der Waals surface area (Å²) in [6.07, 6.45) is 1.62. The first-order valence-electron chi connectivity index (χ1n) is 8.78. The van der Waals surface area contributed by atoms with Crippen LogP contribution < -0.4 is 4.74 Å². The Hall–Kier alpha value is -1.40. The van der Waals surface area contributed by atoms with Crippen molar-refractivity contribution < 1.29 is 4.74 Å². The molecule has 0 saturated carbocycles. The minimum Gasteiger partial charge on any atom is -0.493 e. The molecule has 2 aromatic carbocycles. The van der Waals surface area contributed by atoms with Crippen LogP contribution in [0.15, 0.2) is 41.6 Å². The Balaban J connectivity index is 1.52. The van der Waals surface area contributed by atoms with Crippen molar-refractivity contribution in [3.8, 4) is 5.75 Å². The normalized spacial score (nSPS) is 11.0. The van der Waals surface area contributed by atoms with Gasteiger partial charge in [-0.2, -0.15) is 0 Å². The van der Waals surface area contributed by atoms with Crippen LogP contribution in [0.25, 0.3) is 0 Å². The summed E-state index contributed by atoms with van der Waals surface area (Å²) in [6.45, 7) is 2.59. The third-order valence-electron chi connectivity index (χ3n) is 4.27. The second kappa shape index (κ2) is 9.88. The number of aromatic nitrogens is 3. The Morgan fingerprint density at radius 1 is 1.07 bits per heavy atom. The van der Waals surface area contributed by atoms with E-state index in [1.54, 1.807) is 11.8 Å². The van der Waals surface area contributed by atoms with Gasteiger partial charge in [-0.15, -0.1) is 10.2 Å². The van der Waals surface area contributed by atoms with E-state index in [2.05, 4.69) is 10.2 Å². The van der Waals surface area contributed by atoms with E-state index in [1.807, 2.05) is 54.9 Å². The van der Waals surface area contributed by atoms with Crippen molar-refractivity contribution in [1.29, 1.82) is 0 Å². The molecule has 0 aliphatic rings. The zero-order chi connectivity index (χ0) is 20.1. The lowest BCUT2D eigenvalue weighted by molar-refractivity contribution is 0.307. The molecule has 0 spiro atoms. The van der Waals surface area contributed by atoms with Gasteiger partial charge in [0.15, 0.2) is 5.16 Å². The Bertz CT molecular complexity index is 942. The predicted octanol–water partition coefficient (Wildman–Crippen LogP) is 6.39. The van der Waals surface area contributed by atoms with Crippen molar-refractivity contribution in [2.75, 3.05) is 6.61 Å². The van der Waals surface area contributed by atoms with Gasteiger partial charge in [-0.3, -0.25) is 0 Å². The summed E-state index contributed by atoms with van der Waals surface area (Å²) in [5, 5.41) is 11.5. The van der Waals surface area contributed by atoms with Crippen LogP contribution in [0, 0.1) is 6.92 Å². The first-order valence-corrected chi connectivity index (χ1v) is 10.9. The van der Waals surface area contributed by atoms with Crippen LogP contribution in [0.3, 0.4) is 0 Å². The van der Waals surface area contributed by atoms with Gasteiger partial charge in [0.1, 0.15) is 11.6 Å². The van der Waals surface area contributed by atoms with Gasteiger partial charge in [0.25, 0.3) is 0 Å². The summed E-state index contributed by atoms with van der Waals surface area (Å²) < 4.78 is 7.84. The Morgan fingerprint density at radius 3 is 2.54 bits per heavy atom. The van der Waals surface area contributed by atoms with E-state index in [-0.39, 0.29) is 0 Å². The highest BCUT2D eigenvalue weighted by molar-refractivity contribution is 7.98. The minimum atomic E-state index is 0.604. The lowest BCUT2D eigenvalue weighted by atomic mass is 10.2. The summed E-state index contributed by atoms with van der Waals surface area (Å²) in [6, 6.07) is 11.2. The molecule has 1 heterocycles. The molecule has 0 radical (unpaired) electrons. The number of rotatable bonds is 8. The van der Waals surface area contributed by atoms with E-state index in [0.29, 0.717) is 27.4 Å². The molecule has 148 valence electrons. The molecule has 8 heteroatoms. The maximum atomic E-state index is 6.23. The van der Waals surface area contributed by atoms with E-state index in [4.69, 9.17) is 39.5 Å². The Morgan fingerprint density at radius 2 is 1.82 bits per heavy atom. The van der Waals surface area contributed by atoms with Gasteiger partial charge in [-0.25, -0.2) is 0 Å². The number of halogens is 3. The summed E-state index contributed by atoms with van der Waals surface area (Å²) in [7, 11) is 1.97. The number of benzene rings is 2. The Kier molecular flexibility index (Phi) is 7.52. The van der Waals surface area contributed by atoms with Gasteiger partial charge >= 0.3 is 0 Å². The molecule has 3 aromatic rings. The molecule has 0 atom stereocenters. The molecule has 1 aromatic heterocycles. The zero-order valence-electron chi connectivity index (χ0n) is 15.6. The standard InChI is InChI=1S/C20H20Cl3N3OS/c1-13-11-14(21)8-9-18(13)27-10-4-7-19-24-25-20(26(19)2)28-12-15-16(22)5-3-6-17(15)23/h3,5-6,8-9,11H,4,7,10,12H2,1-2H3. The maximum absolute atomic E-state index is 6.23. The molecule has 0 fully saturated rings. The molecule has 0 amide bonds. The van der Waals surface area contributed by atoms with E-state index in [0.717, 1.165) is 40.7 Å². The van der Waals surface area contributed by atoms with Gasteiger partial charge in [-0.1, -0.05) is 52.6 Å². The molecule has 0 aliphatic carbocycles. The van der Waals surface area contributed by atoms with Gasteiger partial charge in [0.2, 0.25) is 0 Å². The summed E-state index contributed by atoms with van der Waals surface area (Å²) >= 11 is 20.0. The zero-order valence-corrected chi connectivity index (χ0v) is 18.7. The van der Waals surface area contributed by atoms with Crippen LogP contribution in [0.1, 0.15) is 23.4 Å². The monoisotopic (exact) mass is 455 g/mol. The first kappa shape index (κ1) is 21.3. The number of ether oxygens (including phenoxy) is 1. The second-order valence-electron chi connectivity index (χ2n) is 6.31. The van der Waals surface area contributed by atoms with Crippen LogP contribution >= 0.6 is 46.6 Å². The summed E-state index contributed by atoms with van der Waals surface area (Å²) in [5.74, 6) is 2.42.